The highest BCUT2D eigenvalue weighted by molar-refractivity contribution is 5.27. The maximum atomic E-state index is 5.77. The quantitative estimate of drug-likeness (QED) is 0.579. The van der Waals surface area contributed by atoms with Crippen molar-refractivity contribution >= 4 is 0 Å². The van der Waals surface area contributed by atoms with E-state index in [1.807, 2.05) is 35.3 Å². The predicted molar refractivity (Wildman–Crippen MR) is 83.9 cm³/mol. The second-order valence-corrected chi connectivity index (χ2v) is 5.21. The summed E-state index contributed by atoms with van der Waals surface area (Å²) in [7, 11) is 0. The lowest BCUT2D eigenvalue weighted by Gasteiger charge is -2.14. The molecule has 1 aromatic heterocycles. The van der Waals surface area contributed by atoms with Crippen LogP contribution in [0.3, 0.4) is 0 Å². The summed E-state index contributed by atoms with van der Waals surface area (Å²) in [6.07, 6.45) is 5.77. The fourth-order valence-electron chi connectivity index (χ4n) is 2.26. The number of hydrogen-bond donors (Lipinski definition) is 2. The number of ether oxygens (including phenoxy) is 1. The molecule has 1 heterocycles. The Morgan fingerprint density at radius 3 is 3.00 bits per heavy atom. The van der Waals surface area contributed by atoms with Gasteiger partial charge in [-0.3, -0.25) is 16.0 Å². The first-order valence-electron chi connectivity index (χ1n) is 7.41. The summed E-state index contributed by atoms with van der Waals surface area (Å²) in [5.41, 5.74) is 5.13. The summed E-state index contributed by atoms with van der Waals surface area (Å²) in [4.78, 5) is 0. The van der Waals surface area contributed by atoms with E-state index in [0.717, 1.165) is 30.7 Å². The van der Waals surface area contributed by atoms with Crippen LogP contribution in [-0.2, 0) is 6.54 Å². The Kier molecular flexibility index (Phi) is 5.78. The van der Waals surface area contributed by atoms with Crippen molar-refractivity contribution in [1.29, 1.82) is 0 Å². The molecule has 0 aliphatic carbocycles. The SMILES string of the molecule is CCCn1cc(C(CCOc2cccc(C)c2)NN)cn1. The van der Waals surface area contributed by atoms with Gasteiger partial charge in [-0.15, -0.1) is 0 Å². The molecule has 0 radical (unpaired) electrons. The van der Waals surface area contributed by atoms with Crippen molar-refractivity contribution in [2.24, 2.45) is 5.84 Å². The van der Waals surface area contributed by atoms with Crippen LogP contribution in [0.25, 0.3) is 0 Å². The summed E-state index contributed by atoms with van der Waals surface area (Å²) in [5.74, 6) is 6.54. The first kappa shape index (κ1) is 15.5. The Morgan fingerprint density at radius 2 is 2.29 bits per heavy atom. The van der Waals surface area contributed by atoms with E-state index >= 15 is 0 Å². The molecule has 0 amide bonds. The van der Waals surface area contributed by atoms with Crippen LogP contribution in [0.15, 0.2) is 36.7 Å². The van der Waals surface area contributed by atoms with E-state index in [0.29, 0.717) is 6.61 Å². The molecule has 0 aliphatic heterocycles. The largest absolute Gasteiger partial charge is 0.494 e. The van der Waals surface area contributed by atoms with Gasteiger partial charge in [-0.1, -0.05) is 19.1 Å². The number of nitrogens with two attached hydrogens (primary N) is 1. The maximum absolute atomic E-state index is 5.77. The topological polar surface area (TPSA) is 65.1 Å². The summed E-state index contributed by atoms with van der Waals surface area (Å²) in [6, 6.07) is 8.11. The van der Waals surface area contributed by atoms with Crippen LogP contribution in [0.2, 0.25) is 0 Å². The summed E-state index contributed by atoms with van der Waals surface area (Å²) in [6.45, 7) is 5.73. The van der Waals surface area contributed by atoms with E-state index < -0.39 is 0 Å². The molecule has 0 saturated carbocycles. The Labute approximate surface area is 126 Å². The fourth-order valence-corrected chi connectivity index (χ4v) is 2.26. The smallest absolute Gasteiger partial charge is 0.119 e. The van der Waals surface area contributed by atoms with Crippen LogP contribution < -0.4 is 16.0 Å². The molecule has 21 heavy (non-hydrogen) atoms. The minimum Gasteiger partial charge on any atom is -0.494 e. The molecule has 1 atom stereocenters. The molecule has 0 aliphatic rings. The number of aryl methyl sites for hydroxylation is 2. The van der Waals surface area contributed by atoms with Gasteiger partial charge in [0.25, 0.3) is 0 Å². The molecule has 0 fully saturated rings. The average Bonchev–Trinajstić information content (AvgIpc) is 2.92. The second kappa shape index (κ2) is 7.81. The highest BCUT2D eigenvalue weighted by atomic mass is 16.5. The van der Waals surface area contributed by atoms with Crippen LogP contribution in [0, 0.1) is 6.92 Å². The lowest BCUT2D eigenvalue weighted by atomic mass is 10.1. The third-order valence-electron chi connectivity index (χ3n) is 3.37. The molecule has 1 unspecified atom stereocenters. The van der Waals surface area contributed by atoms with Gasteiger partial charge in [-0.25, -0.2) is 0 Å². The van der Waals surface area contributed by atoms with Crippen LogP contribution in [0.5, 0.6) is 5.75 Å². The Hall–Kier alpha value is -1.85. The molecule has 1 aromatic carbocycles. The zero-order chi connectivity index (χ0) is 15.1. The lowest BCUT2D eigenvalue weighted by Crippen LogP contribution is -2.29. The van der Waals surface area contributed by atoms with Crippen LogP contribution in [0.1, 0.15) is 36.9 Å². The molecular formula is C16H24N4O. The van der Waals surface area contributed by atoms with Crippen molar-refractivity contribution in [3.63, 3.8) is 0 Å². The first-order valence-corrected chi connectivity index (χ1v) is 7.41. The standard InChI is InChI=1S/C16H24N4O/c1-3-8-20-12-14(11-18-20)16(19-17)7-9-21-15-6-4-5-13(2)10-15/h4-6,10-12,16,19H,3,7-9,17H2,1-2H3. The molecule has 0 saturated heterocycles. The van der Waals surface area contributed by atoms with Gasteiger partial charge in [0, 0.05) is 24.7 Å². The molecule has 0 bridgehead atoms. The number of benzene rings is 1. The van der Waals surface area contributed by atoms with Gasteiger partial charge in [-0.2, -0.15) is 5.10 Å². The van der Waals surface area contributed by atoms with Gasteiger partial charge >= 0.3 is 0 Å². The molecule has 114 valence electrons. The van der Waals surface area contributed by atoms with E-state index in [-0.39, 0.29) is 6.04 Å². The molecule has 2 aromatic rings. The van der Waals surface area contributed by atoms with Crippen LogP contribution in [0.4, 0.5) is 0 Å². The third kappa shape index (κ3) is 4.58. The van der Waals surface area contributed by atoms with Gasteiger partial charge in [0.1, 0.15) is 5.75 Å². The zero-order valence-electron chi connectivity index (χ0n) is 12.7. The highest BCUT2D eigenvalue weighted by Crippen LogP contribution is 2.17. The molecule has 5 heteroatoms. The maximum Gasteiger partial charge on any atom is 0.119 e. The molecule has 3 N–H and O–H groups in total. The predicted octanol–water partition coefficient (Wildman–Crippen LogP) is 2.58. The number of aromatic nitrogens is 2. The summed E-state index contributed by atoms with van der Waals surface area (Å²) >= 11 is 0. The van der Waals surface area contributed by atoms with Crippen molar-refractivity contribution in [3.05, 3.63) is 47.8 Å². The van der Waals surface area contributed by atoms with Gasteiger partial charge in [-0.05, 0) is 31.0 Å². The molecule has 0 spiro atoms. The highest BCUT2D eigenvalue weighted by Gasteiger charge is 2.12. The number of hydrazine groups is 1. The number of rotatable bonds is 8. The van der Waals surface area contributed by atoms with Crippen molar-refractivity contribution < 1.29 is 4.74 Å². The number of nitrogens with zero attached hydrogens (tertiary/aromatic N) is 2. The minimum absolute atomic E-state index is 0.0559. The Morgan fingerprint density at radius 1 is 1.43 bits per heavy atom. The van der Waals surface area contributed by atoms with Crippen molar-refractivity contribution in [2.45, 2.75) is 39.3 Å². The van der Waals surface area contributed by atoms with Crippen molar-refractivity contribution in [3.8, 4) is 5.75 Å². The van der Waals surface area contributed by atoms with Crippen LogP contribution in [-0.4, -0.2) is 16.4 Å². The van der Waals surface area contributed by atoms with E-state index in [4.69, 9.17) is 10.6 Å². The monoisotopic (exact) mass is 288 g/mol. The van der Waals surface area contributed by atoms with E-state index in [9.17, 15) is 0 Å². The first-order chi connectivity index (χ1) is 10.2. The average molecular weight is 288 g/mol. The molecule has 2 rings (SSSR count). The fraction of sp³-hybridized carbons (Fsp3) is 0.438. The van der Waals surface area contributed by atoms with Crippen molar-refractivity contribution in [2.75, 3.05) is 6.61 Å². The number of nitrogens with one attached hydrogen (secondary N) is 1. The van der Waals surface area contributed by atoms with Crippen molar-refractivity contribution in [1.82, 2.24) is 15.2 Å². The van der Waals surface area contributed by atoms with Gasteiger partial charge in [0.2, 0.25) is 0 Å². The minimum atomic E-state index is 0.0559. The Bertz CT molecular complexity index is 553. The summed E-state index contributed by atoms with van der Waals surface area (Å²) < 4.78 is 7.72. The third-order valence-corrected chi connectivity index (χ3v) is 3.37. The van der Waals surface area contributed by atoms with Gasteiger partial charge in [0.15, 0.2) is 0 Å². The van der Waals surface area contributed by atoms with E-state index in [2.05, 4.69) is 30.4 Å². The number of hydrogen-bond acceptors (Lipinski definition) is 4. The normalized spacial score (nSPS) is 12.3. The van der Waals surface area contributed by atoms with Crippen LogP contribution >= 0.6 is 0 Å². The lowest BCUT2D eigenvalue weighted by molar-refractivity contribution is 0.287. The molecular weight excluding hydrogens is 264 g/mol. The van der Waals surface area contributed by atoms with Gasteiger partial charge in [0.05, 0.1) is 18.8 Å². The zero-order valence-corrected chi connectivity index (χ0v) is 12.7. The summed E-state index contributed by atoms with van der Waals surface area (Å²) in [5, 5.41) is 4.33. The van der Waals surface area contributed by atoms with E-state index in [1.165, 1.54) is 5.56 Å². The Balaban J connectivity index is 1.87. The van der Waals surface area contributed by atoms with Gasteiger partial charge < -0.3 is 4.74 Å². The molecule has 5 nitrogen and oxygen atoms in total. The second-order valence-electron chi connectivity index (χ2n) is 5.21. The van der Waals surface area contributed by atoms with E-state index in [1.54, 1.807) is 0 Å².